The molecule has 3 rings (SSSR count). The molecule has 0 radical (unpaired) electrons. The molecule has 0 N–H and O–H groups in total. The Morgan fingerprint density at radius 1 is 0.455 bits per heavy atom. The Labute approximate surface area is 378 Å². The summed E-state index contributed by atoms with van der Waals surface area (Å²) in [6.45, 7) is 13.6. The van der Waals surface area contributed by atoms with Gasteiger partial charge in [0.1, 0.15) is 36.9 Å². The number of ether oxygens (including phenoxy) is 8. The molecule has 0 fully saturated rings. The van der Waals surface area contributed by atoms with Crippen LogP contribution in [0.5, 0.6) is 23.0 Å². The van der Waals surface area contributed by atoms with Crippen molar-refractivity contribution in [3.8, 4) is 23.0 Å². The highest BCUT2D eigenvalue weighted by Gasteiger charge is 2.31. The Hall–Kier alpha value is -7.24. The molecule has 0 amide bonds. The van der Waals surface area contributed by atoms with Gasteiger partial charge in [0, 0.05) is 24.3 Å². The van der Waals surface area contributed by atoms with E-state index in [0.29, 0.717) is 50.0 Å². The number of unbranched alkanes of at least 4 members (excludes halogenated alkanes) is 6. The van der Waals surface area contributed by atoms with Crippen molar-refractivity contribution >= 4 is 35.8 Å². The zero-order valence-corrected chi connectivity index (χ0v) is 36.0. The number of carbonyl (C=O) groups excluding carboxylic acids is 6. The molecule has 3 aromatic carbocycles. The van der Waals surface area contributed by atoms with Gasteiger partial charge in [-0.25, -0.2) is 28.8 Å². The lowest BCUT2D eigenvalue weighted by molar-refractivity contribution is -0.153. The van der Waals surface area contributed by atoms with Crippen molar-refractivity contribution in [1.29, 1.82) is 0 Å². The van der Waals surface area contributed by atoms with Gasteiger partial charge in [-0.15, -0.1) is 0 Å². The van der Waals surface area contributed by atoms with Gasteiger partial charge in [-0.3, -0.25) is 0 Å². The van der Waals surface area contributed by atoms with Gasteiger partial charge >= 0.3 is 35.8 Å². The van der Waals surface area contributed by atoms with Crippen LogP contribution in [0.1, 0.15) is 84.9 Å². The molecule has 18 heteroatoms. The fourth-order valence-electron chi connectivity index (χ4n) is 5.73. The minimum Gasteiger partial charge on any atom is -0.494 e. The molecule has 3 aromatic rings. The quantitative estimate of drug-likeness (QED) is 0.0118. The van der Waals surface area contributed by atoms with Gasteiger partial charge in [-0.2, -0.15) is 17.6 Å². The van der Waals surface area contributed by atoms with Crippen molar-refractivity contribution in [2.45, 2.75) is 76.4 Å². The molecule has 0 aromatic heterocycles. The summed E-state index contributed by atoms with van der Waals surface area (Å²) in [5.74, 6) is -16.5. The largest absolute Gasteiger partial charge is 0.494 e. The lowest BCUT2D eigenvalue weighted by atomic mass is 10.1. The Morgan fingerprint density at radius 3 is 1.09 bits per heavy atom. The van der Waals surface area contributed by atoms with Crippen LogP contribution in [0.4, 0.5) is 17.6 Å². The number of rotatable bonds is 30. The average Bonchev–Trinajstić information content (AvgIpc) is 3.33. The zero-order valence-electron chi connectivity index (χ0n) is 36.0. The summed E-state index contributed by atoms with van der Waals surface area (Å²) < 4.78 is 101. The van der Waals surface area contributed by atoms with Gasteiger partial charge in [-0.1, -0.05) is 52.0 Å². The molecule has 2 atom stereocenters. The monoisotopic (exact) mass is 926 g/mol. The van der Waals surface area contributed by atoms with Gasteiger partial charge < -0.3 is 37.9 Å². The molecule has 0 aliphatic carbocycles. The van der Waals surface area contributed by atoms with Crippen molar-refractivity contribution in [3.05, 3.63) is 134 Å². The van der Waals surface area contributed by atoms with Crippen LogP contribution in [0.15, 0.2) is 99.2 Å². The highest BCUT2D eigenvalue weighted by Crippen LogP contribution is 2.35. The van der Waals surface area contributed by atoms with Crippen LogP contribution < -0.4 is 18.9 Å². The first-order valence-corrected chi connectivity index (χ1v) is 20.7. The first kappa shape index (κ1) is 53.1. The first-order chi connectivity index (χ1) is 31.7. The molecular formula is C48H50F4O14. The van der Waals surface area contributed by atoms with E-state index in [2.05, 4.69) is 35.8 Å². The molecule has 2 unspecified atom stereocenters. The van der Waals surface area contributed by atoms with E-state index >= 15 is 0 Å². The zero-order chi connectivity index (χ0) is 48.4. The molecule has 0 saturated carbocycles. The summed E-state index contributed by atoms with van der Waals surface area (Å²) in [5.41, 5.74) is -0.479. The van der Waals surface area contributed by atoms with E-state index < -0.39 is 82.8 Å². The van der Waals surface area contributed by atoms with E-state index in [9.17, 15) is 46.3 Å². The lowest BCUT2D eigenvalue weighted by Crippen LogP contribution is -2.24. The maximum absolute atomic E-state index is 15.0. The van der Waals surface area contributed by atoms with Crippen LogP contribution in [0, 0.1) is 23.3 Å². The number of esters is 6. The predicted molar refractivity (Wildman–Crippen MR) is 229 cm³/mol. The van der Waals surface area contributed by atoms with E-state index in [4.69, 9.17) is 28.4 Å². The first-order valence-electron chi connectivity index (χ1n) is 20.7. The molecule has 0 saturated heterocycles. The second-order valence-electron chi connectivity index (χ2n) is 14.0. The molecule has 0 aliphatic rings. The minimum atomic E-state index is -2.12. The predicted octanol–water partition coefficient (Wildman–Crippen LogP) is 8.99. The van der Waals surface area contributed by atoms with Crippen LogP contribution in [0.3, 0.4) is 0 Å². The van der Waals surface area contributed by atoms with Crippen LogP contribution in [-0.4, -0.2) is 74.5 Å². The Bertz CT molecular complexity index is 1990. The molecule has 66 heavy (non-hydrogen) atoms. The van der Waals surface area contributed by atoms with Gasteiger partial charge in [0.05, 0.1) is 24.3 Å². The molecule has 14 nitrogen and oxygen atoms in total. The summed E-state index contributed by atoms with van der Waals surface area (Å²) in [6.07, 6.45) is 9.12. The topological polar surface area (TPSA) is 176 Å². The van der Waals surface area contributed by atoms with Crippen LogP contribution in [0.25, 0.3) is 0 Å². The fourth-order valence-corrected chi connectivity index (χ4v) is 5.73. The lowest BCUT2D eigenvalue weighted by Gasteiger charge is -2.16. The van der Waals surface area contributed by atoms with E-state index in [1.54, 1.807) is 0 Å². The summed E-state index contributed by atoms with van der Waals surface area (Å²) in [6, 6.07) is 10.3. The van der Waals surface area contributed by atoms with Crippen molar-refractivity contribution in [2.75, 3.05) is 26.4 Å². The Balaban J connectivity index is 1.43. The smallest absolute Gasteiger partial charge is 0.343 e. The van der Waals surface area contributed by atoms with Gasteiger partial charge in [0.15, 0.2) is 0 Å². The van der Waals surface area contributed by atoms with Crippen molar-refractivity contribution in [1.82, 2.24) is 0 Å². The summed E-state index contributed by atoms with van der Waals surface area (Å²) in [4.78, 5) is 71.3. The number of benzene rings is 3. The van der Waals surface area contributed by atoms with Gasteiger partial charge in [0.2, 0.25) is 34.8 Å². The third-order valence-electron chi connectivity index (χ3n) is 9.19. The molecule has 0 heterocycles. The summed E-state index contributed by atoms with van der Waals surface area (Å²) in [7, 11) is 0. The normalized spacial score (nSPS) is 11.5. The highest BCUT2D eigenvalue weighted by atomic mass is 19.2. The number of hydrogen-bond acceptors (Lipinski definition) is 14. The maximum atomic E-state index is 15.0. The van der Waals surface area contributed by atoms with E-state index in [1.807, 2.05) is 0 Å². The van der Waals surface area contributed by atoms with Gasteiger partial charge in [0.25, 0.3) is 0 Å². The molecule has 354 valence electrons. The number of carbonyl (C=O) groups is 6. The summed E-state index contributed by atoms with van der Waals surface area (Å²) >= 11 is 0. The van der Waals surface area contributed by atoms with Crippen LogP contribution >= 0.6 is 0 Å². The van der Waals surface area contributed by atoms with Crippen molar-refractivity contribution < 1.29 is 84.2 Å². The third-order valence-corrected chi connectivity index (χ3v) is 9.19. The van der Waals surface area contributed by atoms with Crippen LogP contribution in [-0.2, 0) is 38.1 Å². The maximum Gasteiger partial charge on any atom is 0.343 e. The molecule has 0 spiro atoms. The van der Waals surface area contributed by atoms with E-state index in [0.717, 1.165) is 50.0 Å². The van der Waals surface area contributed by atoms with Crippen LogP contribution in [0.2, 0.25) is 0 Å². The summed E-state index contributed by atoms with van der Waals surface area (Å²) in [5, 5.41) is 0. The molecule has 0 aliphatic heterocycles. The second kappa shape index (κ2) is 28.5. The molecule has 0 bridgehead atoms. The Morgan fingerprint density at radius 2 is 0.773 bits per heavy atom. The second-order valence-corrected chi connectivity index (χ2v) is 14.0. The number of halogens is 4. The standard InChI is InChI=1S/C48H50F4O14/c1-5-37(53)61-29-35(63-39(55)7-3)17-13-9-11-15-27-59-33-23-19-31(20-24-33)47(57)65-45-41(49)43(51)46(44(52)42(45)50)66-48(58)32-21-25-34(26-22-32)60-28-16-12-10-14-18-36(64-40(56)8-4)30-62-38(54)6-2/h5-8,19-26,35-36H,1-4,9-18,27-30H2. The van der Waals surface area contributed by atoms with Gasteiger partial charge in [-0.05, 0) is 87.1 Å². The number of hydrogen-bond donors (Lipinski definition) is 0. The Kier molecular flexibility index (Phi) is 23.0. The van der Waals surface area contributed by atoms with Crippen molar-refractivity contribution in [2.24, 2.45) is 0 Å². The highest BCUT2D eigenvalue weighted by molar-refractivity contribution is 5.92. The van der Waals surface area contributed by atoms with Crippen molar-refractivity contribution in [3.63, 3.8) is 0 Å². The van der Waals surface area contributed by atoms with E-state index in [-0.39, 0.29) is 37.6 Å². The van der Waals surface area contributed by atoms with E-state index in [1.165, 1.54) is 48.5 Å². The minimum absolute atomic E-state index is 0.121. The third kappa shape index (κ3) is 18.1. The average molecular weight is 927 g/mol. The fraction of sp³-hybridized carbons (Fsp3) is 0.333. The SMILES string of the molecule is C=CC(=O)OCC(CCCCCCOc1ccc(C(=O)Oc2c(F)c(F)c(OC(=O)c3ccc(OCCCCCCC(COC(=O)C=C)OC(=O)C=C)cc3)c(F)c2F)cc1)OC(=O)C=C. The molecular weight excluding hydrogens is 877 g/mol.